The van der Waals surface area contributed by atoms with Crippen molar-refractivity contribution in [1.29, 1.82) is 0 Å². The molecule has 2 aliphatic rings. The van der Waals surface area contributed by atoms with Gasteiger partial charge in [-0.2, -0.15) is 24.2 Å². The van der Waals surface area contributed by atoms with Crippen molar-refractivity contribution in [2.24, 2.45) is 0 Å². The minimum atomic E-state index is -0.0799. The summed E-state index contributed by atoms with van der Waals surface area (Å²) in [5.74, 6) is 0. The molecular weight excluding hydrogens is 397 g/mol. The Hall–Kier alpha value is 0.580. The molecule has 5 heteroatoms. The van der Waals surface area contributed by atoms with Crippen molar-refractivity contribution in [1.82, 2.24) is 0 Å². The largest absolute Gasteiger partial charge is 0.676 e. The zero-order chi connectivity index (χ0) is 12.0. The molecule has 0 heterocycles. The molecule has 0 spiro atoms. The molecule has 2 aliphatic carbocycles. The maximum absolute atomic E-state index is 7.29. The summed E-state index contributed by atoms with van der Waals surface area (Å²) in [5, 5.41) is 0. The van der Waals surface area contributed by atoms with Gasteiger partial charge >= 0.3 is 0 Å². The van der Waals surface area contributed by atoms with Gasteiger partial charge in [0.1, 0.15) is 0 Å². The van der Waals surface area contributed by atoms with Gasteiger partial charge in [0.15, 0.2) is 0 Å². The maximum Gasteiger partial charge on any atom is 0 e. The molecule has 2 rings (SSSR count). The van der Waals surface area contributed by atoms with Gasteiger partial charge in [0.05, 0.1) is 0 Å². The molecule has 4 unspecified atom stereocenters. The Morgan fingerprint density at radius 3 is 0.765 bits per heavy atom. The van der Waals surface area contributed by atoms with E-state index in [1.165, 1.54) is 25.7 Å². The molecule has 0 aromatic carbocycles. The smallest absolute Gasteiger partial charge is 0 e. The third-order valence-corrected chi connectivity index (χ3v) is 3.53. The van der Waals surface area contributed by atoms with Gasteiger partial charge < -0.3 is 22.9 Å². The molecule has 4 N–H and O–H groups in total. The minimum absolute atomic E-state index is 0. The van der Waals surface area contributed by atoms with E-state index in [0.717, 1.165) is 25.7 Å². The van der Waals surface area contributed by atoms with Crippen molar-refractivity contribution in [2.45, 2.75) is 75.5 Å². The third-order valence-electron chi connectivity index (χ3n) is 3.53. The van der Waals surface area contributed by atoms with E-state index in [9.17, 15) is 0 Å². The molecule has 4 nitrogen and oxygen atoms in total. The van der Waals surface area contributed by atoms with E-state index >= 15 is 0 Å². The Labute approximate surface area is 121 Å². The van der Waals surface area contributed by atoms with Crippen LogP contribution in [0.25, 0.3) is 22.9 Å². The van der Waals surface area contributed by atoms with Gasteiger partial charge in [0.2, 0.25) is 0 Å². The summed E-state index contributed by atoms with van der Waals surface area (Å²) in [7, 11) is 0. The first-order chi connectivity index (χ1) is 7.61. The molecule has 17 heavy (non-hydrogen) atoms. The van der Waals surface area contributed by atoms with Crippen LogP contribution in [0.2, 0.25) is 0 Å². The second-order valence-corrected chi connectivity index (χ2v) is 4.99. The molecule has 4 atom stereocenters. The number of rotatable bonds is 0. The normalized spacial score (nSPS) is 37.4. The molecule has 0 aromatic rings. The molecule has 2 fully saturated rings. The standard InChI is InChI=1S/2C6H12N2.Au/c2*7-5-3-1-2-4-6(5)8;/h2*5-8H,1-4H2;/q2*-2;. The molecule has 1 radical (unpaired) electrons. The van der Waals surface area contributed by atoms with Gasteiger partial charge in [-0.15, -0.1) is 0 Å². The van der Waals surface area contributed by atoms with E-state index in [0.29, 0.717) is 0 Å². The van der Waals surface area contributed by atoms with Crippen molar-refractivity contribution in [3.8, 4) is 0 Å². The van der Waals surface area contributed by atoms with E-state index in [4.69, 9.17) is 22.9 Å². The van der Waals surface area contributed by atoms with Crippen molar-refractivity contribution >= 4 is 0 Å². The van der Waals surface area contributed by atoms with Crippen LogP contribution >= 0.6 is 0 Å². The van der Waals surface area contributed by atoms with Gasteiger partial charge in [0, 0.05) is 22.4 Å². The van der Waals surface area contributed by atoms with Crippen LogP contribution in [-0.2, 0) is 22.4 Å². The Balaban J connectivity index is 0.000000284. The Morgan fingerprint density at radius 1 is 0.471 bits per heavy atom. The van der Waals surface area contributed by atoms with Crippen LogP contribution in [0.5, 0.6) is 0 Å². The van der Waals surface area contributed by atoms with Crippen LogP contribution in [0, 0.1) is 0 Å². The predicted molar refractivity (Wildman–Crippen MR) is 69.4 cm³/mol. The first-order valence-corrected chi connectivity index (χ1v) is 6.45. The van der Waals surface area contributed by atoms with Crippen molar-refractivity contribution in [2.75, 3.05) is 0 Å². The SMILES string of the molecule is [Au].[NH-]C1CCCCC1[NH-].[NH-]C1CCCCC1[NH-]. The van der Waals surface area contributed by atoms with Gasteiger partial charge in [-0.05, 0) is 0 Å². The second kappa shape index (κ2) is 9.50. The Kier molecular flexibility index (Phi) is 9.83. The molecule has 0 amide bonds. The summed E-state index contributed by atoms with van der Waals surface area (Å²) in [6.45, 7) is 0. The molecule has 2 saturated carbocycles. The third kappa shape index (κ3) is 6.91. The fourth-order valence-electron chi connectivity index (χ4n) is 2.26. The van der Waals surface area contributed by atoms with Crippen LogP contribution in [0.3, 0.4) is 0 Å². The van der Waals surface area contributed by atoms with Crippen LogP contribution in [-0.4, -0.2) is 24.2 Å². The van der Waals surface area contributed by atoms with Crippen LogP contribution in [0.4, 0.5) is 0 Å². The summed E-state index contributed by atoms with van der Waals surface area (Å²) >= 11 is 0. The Bertz CT molecular complexity index is 151. The van der Waals surface area contributed by atoms with Crippen molar-refractivity contribution in [3.05, 3.63) is 22.9 Å². The monoisotopic (exact) mass is 421 g/mol. The van der Waals surface area contributed by atoms with Gasteiger partial charge in [-0.3, -0.25) is 0 Å². The van der Waals surface area contributed by atoms with E-state index in [-0.39, 0.29) is 46.5 Å². The van der Waals surface area contributed by atoms with E-state index in [1.54, 1.807) is 0 Å². The summed E-state index contributed by atoms with van der Waals surface area (Å²) in [6.07, 6.45) is 8.49. The van der Waals surface area contributed by atoms with E-state index in [1.807, 2.05) is 0 Å². The van der Waals surface area contributed by atoms with Crippen LogP contribution < -0.4 is 0 Å². The first-order valence-electron chi connectivity index (χ1n) is 6.45. The van der Waals surface area contributed by atoms with Crippen molar-refractivity contribution < 1.29 is 22.4 Å². The van der Waals surface area contributed by atoms with Crippen molar-refractivity contribution in [3.63, 3.8) is 0 Å². The minimum Gasteiger partial charge on any atom is -0.676 e. The van der Waals surface area contributed by atoms with Gasteiger partial charge in [0.25, 0.3) is 0 Å². The van der Waals surface area contributed by atoms with E-state index in [2.05, 4.69) is 0 Å². The fourth-order valence-corrected chi connectivity index (χ4v) is 2.26. The topological polar surface area (TPSA) is 95.2 Å². The predicted octanol–water partition coefficient (Wildman–Crippen LogP) is 4.80. The number of nitrogens with one attached hydrogen (secondary N) is 4. The zero-order valence-electron chi connectivity index (χ0n) is 10.3. The molecule has 0 bridgehead atoms. The second-order valence-electron chi connectivity index (χ2n) is 4.99. The number of hydrogen-bond donors (Lipinski definition) is 0. The molecule has 0 aliphatic heterocycles. The summed E-state index contributed by atoms with van der Waals surface area (Å²) in [5.41, 5.74) is 29.2. The quantitative estimate of drug-likeness (QED) is 0.503. The molecule has 107 valence electrons. The average molecular weight is 421 g/mol. The average Bonchev–Trinajstić information content (AvgIpc) is 2.28. The van der Waals surface area contributed by atoms with E-state index < -0.39 is 0 Å². The van der Waals surface area contributed by atoms with Gasteiger partial charge in [-0.25, -0.2) is 0 Å². The number of hydrogen-bond acceptors (Lipinski definition) is 0. The fraction of sp³-hybridized carbons (Fsp3) is 1.00. The molecule has 0 aromatic heterocycles. The summed E-state index contributed by atoms with van der Waals surface area (Å²) in [4.78, 5) is 0. The van der Waals surface area contributed by atoms with Crippen LogP contribution in [0.1, 0.15) is 51.4 Å². The molecular formula is C12H24AuN4-4. The first kappa shape index (κ1) is 17.6. The maximum atomic E-state index is 7.29. The van der Waals surface area contributed by atoms with Gasteiger partial charge in [-0.1, -0.05) is 51.4 Å². The van der Waals surface area contributed by atoms with Crippen LogP contribution in [0.15, 0.2) is 0 Å². The summed E-state index contributed by atoms with van der Waals surface area (Å²) in [6, 6.07) is -0.319. The molecule has 0 saturated heterocycles. The summed E-state index contributed by atoms with van der Waals surface area (Å²) < 4.78 is 0. The Morgan fingerprint density at radius 2 is 0.647 bits per heavy atom. The zero-order valence-corrected chi connectivity index (χ0v) is 12.4.